The molecular weight excluding hydrogens is 272 g/mol. The number of aldehydes is 1. The average molecular weight is 281 g/mol. The molecule has 0 aliphatic rings. The number of hydrogen-bond acceptors (Lipinski definition) is 2. The van der Waals surface area contributed by atoms with E-state index in [2.05, 4.69) is 6.58 Å². The van der Waals surface area contributed by atoms with Crippen molar-refractivity contribution in [1.29, 1.82) is 0 Å². The maximum Gasteiger partial charge on any atom is 0.154 e. The lowest BCUT2D eigenvalue weighted by Crippen LogP contribution is -1.92. The van der Waals surface area contributed by atoms with Crippen molar-refractivity contribution in [3.05, 3.63) is 33.3 Å². The standard InChI is InChI=1S/C8H9FINO/c1-5(3-11)8(10)7(4-12)6(2)9/h3-4H,2,11H2,1H3/b5-3-,8-7+. The van der Waals surface area contributed by atoms with Crippen LogP contribution in [0.3, 0.4) is 0 Å². The predicted octanol–water partition coefficient (Wildman–Crippen LogP) is 2.22. The highest BCUT2D eigenvalue weighted by Crippen LogP contribution is 2.24. The second kappa shape index (κ2) is 5.08. The molecule has 2 nitrogen and oxygen atoms in total. The highest BCUT2D eigenvalue weighted by molar-refractivity contribution is 14.1. The summed E-state index contributed by atoms with van der Waals surface area (Å²) < 4.78 is 13.0. The van der Waals surface area contributed by atoms with Gasteiger partial charge in [0.2, 0.25) is 0 Å². The minimum Gasteiger partial charge on any atom is -0.404 e. The highest BCUT2D eigenvalue weighted by Gasteiger charge is 2.07. The fraction of sp³-hybridized carbons (Fsp3) is 0.125. The van der Waals surface area contributed by atoms with Gasteiger partial charge in [-0.15, -0.1) is 0 Å². The van der Waals surface area contributed by atoms with Crippen molar-refractivity contribution in [2.45, 2.75) is 6.92 Å². The van der Waals surface area contributed by atoms with Gasteiger partial charge >= 0.3 is 0 Å². The molecule has 0 spiro atoms. The molecule has 0 aromatic heterocycles. The minimum atomic E-state index is -0.740. The van der Waals surface area contributed by atoms with Crippen molar-refractivity contribution in [3.63, 3.8) is 0 Å². The van der Waals surface area contributed by atoms with E-state index in [-0.39, 0.29) is 5.57 Å². The molecular formula is C8H9FINO. The van der Waals surface area contributed by atoms with E-state index >= 15 is 0 Å². The molecule has 0 bridgehead atoms. The summed E-state index contributed by atoms with van der Waals surface area (Å²) in [5, 5.41) is 0. The van der Waals surface area contributed by atoms with Crippen molar-refractivity contribution >= 4 is 28.9 Å². The summed E-state index contributed by atoms with van der Waals surface area (Å²) in [6, 6.07) is 0. The molecule has 12 heavy (non-hydrogen) atoms. The second-order valence-corrected chi connectivity index (χ2v) is 3.18. The fourth-order valence-electron chi connectivity index (χ4n) is 0.520. The van der Waals surface area contributed by atoms with Crippen molar-refractivity contribution in [2.24, 2.45) is 5.73 Å². The molecule has 0 amide bonds. The van der Waals surface area contributed by atoms with E-state index < -0.39 is 5.83 Å². The van der Waals surface area contributed by atoms with Gasteiger partial charge in [-0.1, -0.05) is 6.58 Å². The van der Waals surface area contributed by atoms with E-state index in [0.29, 0.717) is 15.4 Å². The Labute approximate surface area is 84.2 Å². The van der Waals surface area contributed by atoms with Crippen LogP contribution in [0.2, 0.25) is 0 Å². The van der Waals surface area contributed by atoms with Crippen molar-refractivity contribution < 1.29 is 9.18 Å². The molecule has 0 aromatic carbocycles. The lowest BCUT2D eigenvalue weighted by molar-refractivity contribution is -0.104. The van der Waals surface area contributed by atoms with Gasteiger partial charge in [0.05, 0.1) is 5.57 Å². The van der Waals surface area contributed by atoms with Gasteiger partial charge in [-0.05, 0) is 41.3 Å². The predicted molar refractivity (Wildman–Crippen MR) is 55.3 cm³/mol. The zero-order chi connectivity index (χ0) is 9.72. The van der Waals surface area contributed by atoms with Crippen LogP contribution in [-0.2, 0) is 4.79 Å². The number of halogens is 2. The van der Waals surface area contributed by atoms with Gasteiger partial charge in [-0.2, -0.15) is 0 Å². The molecule has 0 heterocycles. The molecule has 0 saturated heterocycles. The first-order valence-corrected chi connectivity index (χ1v) is 4.21. The molecule has 0 fully saturated rings. The Kier molecular flexibility index (Phi) is 4.80. The normalized spacial score (nSPS) is 13.8. The average Bonchev–Trinajstić information content (AvgIpc) is 2.03. The van der Waals surface area contributed by atoms with Crippen LogP contribution in [0.4, 0.5) is 4.39 Å². The Balaban J connectivity index is 5.12. The van der Waals surface area contributed by atoms with Crippen LogP contribution in [0.25, 0.3) is 0 Å². The zero-order valence-electron chi connectivity index (χ0n) is 6.60. The number of allylic oxidation sites excluding steroid dienone is 4. The summed E-state index contributed by atoms with van der Waals surface area (Å²) in [7, 11) is 0. The van der Waals surface area contributed by atoms with Gasteiger partial charge in [-0.3, -0.25) is 4.79 Å². The monoisotopic (exact) mass is 281 g/mol. The van der Waals surface area contributed by atoms with E-state index in [9.17, 15) is 9.18 Å². The molecule has 0 aliphatic carbocycles. The number of carbonyl (C=O) groups is 1. The molecule has 0 atom stereocenters. The Morgan fingerprint density at radius 3 is 2.42 bits per heavy atom. The summed E-state index contributed by atoms with van der Waals surface area (Å²) in [5.41, 5.74) is 5.80. The smallest absolute Gasteiger partial charge is 0.154 e. The number of rotatable bonds is 3. The van der Waals surface area contributed by atoms with E-state index in [1.807, 2.05) is 22.6 Å². The lowest BCUT2D eigenvalue weighted by Gasteiger charge is -2.01. The summed E-state index contributed by atoms with van der Waals surface area (Å²) in [6.07, 6.45) is 1.74. The SMILES string of the molecule is C=C(F)/C(C=O)=C(I)\C(C)=C/N. The third-order valence-electron chi connectivity index (χ3n) is 1.24. The maximum atomic E-state index is 12.6. The molecule has 0 rings (SSSR count). The van der Waals surface area contributed by atoms with Crippen molar-refractivity contribution in [2.75, 3.05) is 0 Å². The Morgan fingerprint density at radius 2 is 2.17 bits per heavy atom. The van der Waals surface area contributed by atoms with E-state index in [0.717, 1.165) is 0 Å². The van der Waals surface area contributed by atoms with Crippen LogP contribution in [-0.4, -0.2) is 6.29 Å². The first-order valence-electron chi connectivity index (χ1n) is 3.13. The highest BCUT2D eigenvalue weighted by atomic mass is 127. The van der Waals surface area contributed by atoms with Crippen LogP contribution in [0, 0.1) is 0 Å². The first kappa shape index (κ1) is 11.4. The number of carbonyl (C=O) groups excluding carboxylic acids is 1. The van der Waals surface area contributed by atoms with Crippen LogP contribution in [0.5, 0.6) is 0 Å². The third-order valence-corrected chi connectivity index (χ3v) is 2.67. The van der Waals surface area contributed by atoms with Gasteiger partial charge < -0.3 is 5.73 Å². The van der Waals surface area contributed by atoms with Gasteiger partial charge in [0, 0.05) is 3.58 Å². The minimum absolute atomic E-state index is 0.0465. The molecule has 0 saturated carbocycles. The van der Waals surface area contributed by atoms with Crippen molar-refractivity contribution in [1.82, 2.24) is 0 Å². The van der Waals surface area contributed by atoms with Gasteiger partial charge in [0.1, 0.15) is 5.83 Å². The topological polar surface area (TPSA) is 43.1 Å². The molecule has 4 heteroatoms. The summed E-state index contributed by atoms with van der Waals surface area (Å²) in [5.74, 6) is -0.740. The van der Waals surface area contributed by atoms with Gasteiger partial charge in [0.25, 0.3) is 0 Å². The van der Waals surface area contributed by atoms with Gasteiger partial charge in [0.15, 0.2) is 6.29 Å². The Morgan fingerprint density at radius 1 is 1.67 bits per heavy atom. The Hall–Kier alpha value is -0.650. The zero-order valence-corrected chi connectivity index (χ0v) is 8.76. The van der Waals surface area contributed by atoms with Crippen molar-refractivity contribution in [3.8, 4) is 0 Å². The summed E-state index contributed by atoms with van der Waals surface area (Å²) in [6.45, 7) is 4.72. The van der Waals surface area contributed by atoms with Crippen LogP contribution in [0.1, 0.15) is 6.92 Å². The van der Waals surface area contributed by atoms with Gasteiger partial charge in [-0.25, -0.2) is 4.39 Å². The number of nitrogens with two attached hydrogens (primary N) is 1. The largest absolute Gasteiger partial charge is 0.404 e. The molecule has 2 N–H and O–H groups in total. The second-order valence-electron chi connectivity index (χ2n) is 2.10. The van der Waals surface area contributed by atoms with Crippen LogP contribution in [0.15, 0.2) is 33.3 Å². The maximum absolute atomic E-state index is 12.6. The summed E-state index contributed by atoms with van der Waals surface area (Å²) >= 11 is 1.84. The molecule has 0 aromatic rings. The molecule has 0 unspecified atom stereocenters. The van der Waals surface area contributed by atoms with E-state index in [1.54, 1.807) is 6.92 Å². The molecule has 0 radical (unpaired) electrons. The third kappa shape index (κ3) is 2.77. The van der Waals surface area contributed by atoms with E-state index in [1.165, 1.54) is 6.20 Å². The Bertz CT molecular complexity index is 268. The lowest BCUT2D eigenvalue weighted by atomic mass is 10.2. The van der Waals surface area contributed by atoms with Crippen LogP contribution < -0.4 is 5.73 Å². The quantitative estimate of drug-likeness (QED) is 0.373. The van der Waals surface area contributed by atoms with Crippen LogP contribution >= 0.6 is 22.6 Å². The molecule has 66 valence electrons. The summed E-state index contributed by atoms with van der Waals surface area (Å²) in [4.78, 5) is 10.4. The first-order chi connectivity index (χ1) is 5.54. The fourth-order valence-corrected chi connectivity index (χ4v) is 1.12. The van der Waals surface area contributed by atoms with E-state index in [4.69, 9.17) is 5.73 Å². The number of hydrogen-bond donors (Lipinski definition) is 1. The molecule has 0 aliphatic heterocycles.